The van der Waals surface area contributed by atoms with Gasteiger partial charge in [0, 0.05) is 32.5 Å². The Bertz CT molecular complexity index is 1270. The van der Waals surface area contributed by atoms with Gasteiger partial charge in [-0.15, -0.1) is 0 Å². The number of halogens is 1. The van der Waals surface area contributed by atoms with E-state index in [1.807, 2.05) is 39.0 Å². The van der Waals surface area contributed by atoms with Gasteiger partial charge in [0.1, 0.15) is 11.6 Å². The number of hydrogen-bond donors (Lipinski definition) is 2. The van der Waals surface area contributed by atoms with Crippen LogP contribution in [0.5, 0.6) is 5.75 Å². The molecule has 31 heavy (non-hydrogen) atoms. The number of sulfone groups is 1. The fourth-order valence-corrected chi connectivity index (χ4v) is 3.90. The van der Waals surface area contributed by atoms with Crippen LogP contribution in [0.3, 0.4) is 0 Å². The van der Waals surface area contributed by atoms with Crippen molar-refractivity contribution in [2.24, 2.45) is 0 Å². The van der Waals surface area contributed by atoms with Crippen molar-refractivity contribution in [1.82, 2.24) is 20.3 Å². The van der Waals surface area contributed by atoms with Crippen LogP contribution in [-0.2, 0) is 9.84 Å². The minimum atomic E-state index is -3.61. The molecule has 2 heterocycles. The molecule has 11 heteroatoms. The average molecular weight is 555 g/mol. The second-order valence-corrected chi connectivity index (χ2v) is 11.1. The Kier molecular flexibility index (Phi) is 6.37. The molecule has 1 aromatic carbocycles. The summed E-state index contributed by atoms with van der Waals surface area (Å²) in [6, 6.07) is 6.93. The van der Waals surface area contributed by atoms with Gasteiger partial charge in [0.2, 0.25) is 15.0 Å². The number of amides is 2. The summed E-state index contributed by atoms with van der Waals surface area (Å²) in [5, 5.41) is 5.78. The lowest BCUT2D eigenvalue weighted by Crippen LogP contribution is -2.43. The average Bonchev–Trinajstić information content (AvgIpc) is 2.64. The van der Waals surface area contributed by atoms with E-state index < -0.39 is 21.4 Å². The third-order valence-electron chi connectivity index (χ3n) is 4.02. The maximum atomic E-state index is 12.5. The number of carbonyl (C=O) groups is 1. The van der Waals surface area contributed by atoms with Gasteiger partial charge in [-0.3, -0.25) is 5.32 Å². The van der Waals surface area contributed by atoms with Crippen LogP contribution in [0.4, 0.5) is 10.6 Å². The summed E-state index contributed by atoms with van der Waals surface area (Å²) < 4.78 is 30.0. The Morgan fingerprint density at radius 1 is 1.13 bits per heavy atom. The van der Waals surface area contributed by atoms with Gasteiger partial charge in [-0.05, 0) is 73.2 Å². The van der Waals surface area contributed by atoms with Gasteiger partial charge < -0.3 is 10.1 Å². The van der Waals surface area contributed by atoms with E-state index in [2.05, 4.69) is 48.2 Å². The first-order chi connectivity index (χ1) is 14.4. The molecular weight excluding hydrogens is 533 g/mol. The van der Waals surface area contributed by atoms with Crippen LogP contribution < -0.4 is 15.4 Å². The van der Waals surface area contributed by atoms with Gasteiger partial charge in [-0.25, -0.2) is 23.2 Å². The number of anilines is 1. The third-order valence-corrected chi connectivity index (χ3v) is 5.50. The zero-order chi connectivity index (χ0) is 23.0. The number of hydrogen-bond acceptors (Lipinski definition) is 7. The second kappa shape index (κ2) is 8.54. The number of aromatic nitrogens is 3. The number of ether oxygens (including phenoxy) is 1. The van der Waals surface area contributed by atoms with Gasteiger partial charge in [-0.1, -0.05) is 0 Å². The monoisotopic (exact) mass is 555 g/mol. The summed E-state index contributed by atoms with van der Waals surface area (Å²) in [5.74, 6) is 0.882. The zero-order valence-electron chi connectivity index (χ0n) is 17.6. The van der Waals surface area contributed by atoms with Crippen LogP contribution in [0.1, 0.15) is 20.8 Å². The van der Waals surface area contributed by atoms with E-state index in [0.717, 1.165) is 15.4 Å². The van der Waals surface area contributed by atoms with E-state index in [1.54, 1.807) is 13.2 Å². The van der Waals surface area contributed by atoms with E-state index >= 15 is 0 Å². The van der Waals surface area contributed by atoms with Crippen molar-refractivity contribution in [2.45, 2.75) is 31.5 Å². The van der Waals surface area contributed by atoms with Crippen molar-refractivity contribution in [3.8, 4) is 16.9 Å². The van der Waals surface area contributed by atoms with E-state index in [9.17, 15) is 13.2 Å². The molecule has 3 aromatic rings. The minimum absolute atomic E-state index is 0.155. The molecule has 0 saturated heterocycles. The van der Waals surface area contributed by atoms with E-state index in [-0.39, 0.29) is 16.6 Å². The third kappa shape index (κ3) is 5.79. The number of nitrogens with one attached hydrogen (secondary N) is 2. The number of benzene rings is 1. The normalized spacial score (nSPS) is 11.9. The van der Waals surface area contributed by atoms with Crippen LogP contribution >= 0.6 is 22.6 Å². The summed E-state index contributed by atoms with van der Waals surface area (Å²) in [6.07, 6.45) is 2.43. The highest BCUT2D eigenvalue weighted by Gasteiger charge is 2.19. The maximum absolute atomic E-state index is 12.5. The van der Waals surface area contributed by atoms with Crippen molar-refractivity contribution in [2.75, 3.05) is 18.7 Å². The van der Waals surface area contributed by atoms with Crippen molar-refractivity contribution in [3.05, 3.63) is 34.0 Å². The summed E-state index contributed by atoms with van der Waals surface area (Å²) >= 11 is 2.18. The molecule has 0 bridgehead atoms. The SMILES string of the molecule is COc1cc(I)cc(-c2cc3cnc(S(C)(=O)=O)nc3nc2NC(=O)NC(C)(C)C)c1. The molecule has 0 aliphatic rings. The Hall–Kier alpha value is -2.54. The van der Waals surface area contributed by atoms with Crippen molar-refractivity contribution >= 4 is 55.3 Å². The summed E-state index contributed by atoms with van der Waals surface area (Å²) in [4.78, 5) is 25.0. The lowest BCUT2D eigenvalue weighted by Gasteiger charge is -2.21. The maximum Gasteiger partial charge on any atom is 0.320 e. The van der Waals surface area contributed by atoms with Gasteiger partial charge in [0.25, 0.3) is 0 Å². The first kappa shape index (κ1) is 23.1. The molecule has 0 radical (unpaired) electrons. The highest BCUT2D eigenvalue weighted by Crippen LogP contribution is 2.33. The van der Waals surface area contributed by atoms with E-state index in [1.165, 1.54) is 6.20 Å². The number of fused-ring (bicyclic) bond motifs is 1. The molecule has 0 spiro atoms. The minimum Gasteiger partial charge on any atom is -0.497 e. The van der Waals surface area contributed by atoms with E-state index in [4.69, 9.17) is 4.74 Å². The summed E-state index contributed by atoms with van der Waals surface area (Å²) in [5.41, 5.74) is 1.07. The van der Waals surface area contributed by atoms with E-state index in [0.29, 0.717) is 16.7 Å². The predicted octanol–water partition coefficient (Wildman–Crippen LogP) is 3.63. The lowest BCUT2D eigenvalue weighted by atomic mass is 10.0. The Morgan fingerprint density at radius 2 is 1.84 bits per heavy atom. The van der Waals surface area contributed by atoms with Crippen LogP contribution in [0, 0.1) is 3.57 Å². The molecular formula is C20H22IN5O4S. The molecule has 3 rings (SSSR count). The molecule has 0 aliphatic heterocycles. The Balaban J connectivity index is 2.21. The van der Waals surface area contributed by atoms with Crippen molar-refractivity contribution in [3.63, 3.8) is 0 Å². The molecule has 0 aliphatic carbocycles. The largest absolute Gasteiger partial charge is 0.497 e. The Labute approximate surface area is 194 Å². The fraction of sp³-hybridized carbons (Fsp3) is 0.300. The predicted molar refractivity (Wildman–Crippen MR) is 127 cm³/mol. The number of pyridine rings is 1. The number of rotatable bonds is 4. The van der Waals surface area contributed by atoms with Crippen molar-refractivity contribution < 1.29 is 17.9 Å². The molecule has 0 atom stereocenters. The van der Waals surface area contributed by atoms with Gasteiger partial charge in [0.05, 0.1) is 7.11 Å². The number of urea groups is 1. The molecule has 0 fully saturated rings. The lowest BCUT2D eigenvalue weighted by molar-refractivity contribution is 0.243. The molecule has 2 aromatic heterocycles. The van der Waals surface area contributed by atoms with Crippen molar-refractivity contribution in [1.29, 1.82) is 0 Å². The topological polar surface area (TPSA) is 123 Å². The molecule has 9 nitrogen and oxygen atoms in total. The Morgan fingerprint density at radius 3 is 2.45 bits per heavy atom. The number of methoxy groups -OCH3 is 1. The number of nitrogens with zero attached hydrogens (tertiary/aromatic N) is 3. The van der Waals surface area contributed by atoms with Crippen LogP contribution in [-0.4, -0.2) is 48.3 Å². The van der Waals surface area contributed by atoms with Gasteiger partial charge in [0.15, 0.2) is 5.65 Å². The highest BCUT2D eigenvalue weighted by molar-refractivity contribution is 14.1. The smallest absolute Gasteiger partial charge is 0.320 e. The molecule has 0 unspecified atom stereocenters. The first-order valence-corrected chi connectivity index (χ1v) is 12.1. The van der Waals surface area contributed by atoms with Crippen LogP contribution in [0.15, 0.2) is 35.6 Å². The standard InChI is InChI=1S/C20H22IN5O4S/c1-20(2,3)26-18(27)24-17-15(11-6-13(21)9-14(7-11)30-4)8-12-10-22-19(31(5,28)29)25-16(12)23-17/h6-10H,1-5H3,(H2,22,23,24,25,26,27). The quantitative estimate of drug-likeness (QED) is 0.372. The zero-order valence-corrected chi connectivity index (χ0v) is 20.6. The summed E-state index contributed by atoms with van der Waals surface area (Å²) in [7, 11) is -2.04. The second-order valence-electron chi connectivity index (χ2n) is 7.93. The van der Waals surface area contributed by atoms with Crippen LogP contribution in [0.2, 0.25) is 0 Å². The first-order valence-electron chi connectivity index (χ1n) is 9.18. The van der Waals surface area contributed by atoms with Gasteiger partial charge >= 0.3 is 6.03 Å². The van der Waals surface area contributed by atoms with Gasteiger partial charge in [-0.2, -0.15) is 4.98 Å². The molecule has 0 saturated carbocycles. The molecule has 2 N–H and O–H groups in total. The summed E-state index contributed by atoms with van der Waals surface area (Å²) in [6.45, 7) is 5.58. The fourth-order valence-electron chi connectivity index (χ4n) is 2.76. The van der Waals surface area contributed by atoms with Crippen LogP contribution in [0.25, 0.3) is 22.2 Å². The number of carbonyl (C=O) groups excluding carboxylic acids is 1. The molecule has 2 amide bonds. The highest BCUT2D eigenvalue weighted by atomic mass is 127. The molecule has 164 valence electrons.